The predicted octanol–water partition coefficient (Wildman–Crippen LogP) is 3.87. The minimum absolute atomic E-state index is 0.0845. The molecular formula is C14H16ClN3O5. The van der Waals surface area contributed by atoms with Crippen LogP contribution in [0, 0.1) is 26.1 Å². The van der Waals surface area contributed by atoms with Crippen molar-refractivity contribution in [3.63, 3.8) is 0 Å². The molecule has 0 saturated heterocycles. The van der Waals surface area contributed by atoms with Gasteiger partial charge in [0.1, 0.15) is 0 Å². The van der Waals surface area contributed by atoms with E-state index in [4.69, 9.17) is 11.6 Å². The second-order valence-corrected chi connectivity index (χ2v) is 6.03. The maximum atomic E-state index is 11.3. The van der Waals surface area contributed by atoms with Gasteiger partial charge in [0.25, 0.3) is 16.6 Å². The molecule has 0 heterocycles. The van der Waals surface area contributed by atoms with Crippen LogP contribution in [0.3, 0.4) is 0 Å². The fourth-order valence-electron chi connectivity index (χ4n) is 2.88. The van der Waals surface area contributed by atoms with E-state index in [1.165, 1.54) is 0 Å². The van der Waals surface area contributed by atoms with Crippen molar-refractivity contribution in [2.24, 2.45) is 5.92 Å². The smallest absolute Gasteiger partial charge is 0.300 e. The largest absolute Gasteiger partial charge is 0.371 e. The van der Waals surface area contributed by atoms with Crippen molar-refractivity contribution < 1.29 is 14.6 Å². The van der Waals surface area contributed by atoms with Gasteiger partial charge in [-0.05, 0) is 30.4 Å². The molecule has 1 aliphatic rings. The number of rotatable bonds is 5. The van der Waals surface area contributed by atoms with Crippen molar-refractivity contribution in [3.8, 4) is 0 Å². The molecule has 124 valence electrons. The molecule has 8 nitrogen and oxygen atoms in total. The van der Waals surface area contributed by atoms with Crippen LogP contribution in [0.2, 0.25) is 0 Å². The summed E-state index contributed by atoms with van der Waals surface area (Å²) in [4.78, 5) is 32.3. The van der Waals surface area contributed by atoms with E-state index in [2.05, 4.69) is 5.32 Å². The Labute approximate surface area is 137 Å². The van der Waals surface area contributed by atoms with Gasteiger partial charge in [-0.25, -0.2) is 0 Å². The molecule has 23 heavy (non-hydrogen) atoms. The fraction of sp³-hybridized carbons (Fsp3) is 0.500. The highest BCUT2D eigenvalue weighted by molar-refractivity contribution is 6.67. The van der Waals surface area contributed by atoms with E-state index in [1.807, 2.05) is 6.92 Å². The Hall–Kier alpha value is -2.22. The topological polar surface area (TPSA) is 115 Å². The summed E-state index contributed by atoms with van der Waals surface area (Å²) in [6.45, 7) is 2.01. The number of carbonyl (C=O) groups is 1. The lowest BCUT2D eigenvalue weighted by molar-refractivity contribution is -0.392. The Morgan fingerprint density at radius 2 is 1.70 bits per heavy atom. The minimum Gasteiger partial charge on any atom is -0.371 e. The van der Waals surface area contributed by atoms with Crippen LogP contribution in [-0.2, 0) is 0 Å². The first-order chi connectivity index (χ1) is 10.8. The first-order valence-corrected chi connectivity index (χ1v) is 7.62. The van der Waals surface area contributed by atoms with Crippen LogP contribution in [0.5, 0.6) is 0 Å². The molecule has 1 aromatic carbocycles. The monoisotopic (exact) mass is 341 g/mol. The van der Waals surface area contributed by atoms with Crippen LogP contribution >= 0.6 is 11.6 Å². The van der Waals surface area contributed by atoms with Gasteiger partial charge in [-0.2, -0.15) is 0 Å². The van der Waals surface area contributed by atoms with Crippen molar-refractivity contribution in [2.75, 3.05) is 5.32 Å². The van der Waals surface area contributed by atoms with Gasteiger partial charge >= 0.3 is 0 Å². The molecule has 0 aliphatic heterocycles. The van der Waals surface area contributed by atoms with Gasteiger partial charge < -0.3 is 5.32 Å². The lowest BCUT2D eigenvalue weighted by atomic mass is 9.85. The number of halogens is 1. The Balaban J connectivity index is 2.52. The molecule has 1 saturated carbocycles. The molecule has 1 aromatic rings. The summed E-state index contributed by atoms with van der Waals surface area (Å²) in [7, 11) is 0. The number of benzene rings is 1. The third kappa shape index (κ3) is 3.76. The van der Waals surface area contributed by atoms with E-state index >= 15 is 0 Å². The normalized spacial score (nSPS) is 20.8. The standard InChI is InChI=1S/C14H16ClN3O5/c1-8-4-2-3-5-10(8)16-13-11(17(20)21)6-9(14(15)19)7-12(13)18(22)23/h6-8,10,16H,2-5H2,1H3. The quantitative estimate of drug-likeness (QED) is 0.493. The maximum absolute atomic E-state index is 11.3. The molecule has 0 aromatic heterocycles. The van der Waals surface area contributed by atoms with Crippen LogP contribution in [0.4, 0.5) is 17.1 Å². The molecule has 0 bridgehead atoms. The average molecular weight is 342 g/mol. The first-order valence-electron chi connectivity index (χ1n) is 7.24. The van der Waals surface area contributed by atoms with E-state index in [9.17, 15) is 25.0 Å². The average Bonchev–Trinajstić information content (AvgIpc) is 2.48. The molecular weight excluding hydrogens is 326 g/mol. The van der Waals surface area contributed by atoms with Crippen LogP contribution < -0.4 is 5.32 Å². The third-order valence-corrected chi connectivity index (χ3v) is 4.38. The number of nitrogens with one attached hydrogen (secondary N) is 1. The summed E-state index contributed by atoms with van der Waals surface area (Å²) < 4.78 is 0. The summed E-state index contributed by atoms with van der Waals surface area (Å²) in [6.07, 6.45) is 3.77. The molecule has 2 atom stereocenters. The van der Waals surface area contributed by atoms with Gasteiger partial charge in [0.05, 0.1) is 9.85 Å². The Bertz CT molecular complexity index is 629. The van der Waals surface area contributed by atoms with Crippen LogP contribution in [-0.4, -0.2) is 21.1 Å². The van der Waals surface area contributed by atoms with E-state index in [0.29, 0.717) is 0 Å². The molecule has 0 amide bonds. The van der Waals surface area contributed by atoms with Crippen molar-refractivity contribution in [2.45, 2.75) is 38.6 Å². The number of carbonyl (C=O) groups excluding carboxylic acids is 1. The molecule has 0 spiro atoms. The molecule has 1 fully saturated rings. The number of hydrogen-bond donors (Lipinski definition) is 1. The SMILES string of the molecule is CC1CCCCC1Nc1c([N+](=O)[O-])cc(C(=O)Cl)cc1[N+](=O)[O-]. The summed E-state index contributed by atoms with van der Waals surface area (Å²) in [5.41, 5.74) is -1.46. The highest BCUT2D eigenvalue weighted by Crippen LogP contribution is 2.38. The van der Waals surface area contributed by atoms with Crippen molar-refractivity contribution in [1.29, 1.82) is 0 Å². The summed E-state index contributed by atoms with van der Waals surface area (Å²) in [5.74, 6) is 0.247. The number of nitro benzene ring substituents is 2. The van der Waals surface area contributed by atoms with Gasteiger partial charge in [0.2, 0.25) is 0 Å². The number of nitrogens with zero attached hydrogens (tertiary/aromatic N) is 2. The Kier molecular flexibility index (Phi) is 5.15. The van der Waals surface area contributed by atoms with Gasteiger partial charge in [-0.15, -0.1) is 0 Å². The predicted molar refractivity (Wildman–Crippen MR) is 85.0 cm³/mol. The van der Waals surface area contributed by atoms with Crippen molar-refractivity contribution >= 4 is 33.9 Å². The van der Waals surface area contributed by atoms with Gasteiger partial charge in [-0.3, -0.25) is 25.0 Å². The van der Waals surface area contributed by atoms with E-state index in [0.717, 1.165) is 37.8 Å². The lowest BCUT2D eigenvalue weighted by Gasteiger charge is -2.30. The van der Waals surface area contributed by atoms with Gasteiger partial charge in [0, 0.05) is 23.7 Å². The van der Waals surface area contributed by atoms with Gasteiger partial charge in [-0.1, -0.05) is 19.8 Å². The molecule has 0 radical (unpaired) electrons. The molecule has 9 heteroatoms. The fourth-order valence-corrected chi connectivity index (χ4v) is 2.99. The number of nitro groups is 2. The molecule has 1 aliphatic carbocycles. The second-order valence-electron chi connectivity index (χ2n) is 5.69. The Morgan fingerprint density at radius 3 is 2.13 bits per heavy atom. The minimum atomic E-state index is -0.978. The van der Waals surface area contributed by atoms with Crippen molar-refractivity contribution in [1.82, 2.24) is 0 Å². The van der Waals surface area contributed by atoms with Gasteiger partial charge in [0.15, 0.2) is 5.69 Å². The zero-order valence-corrected chi connectivity index (χ0v) is 13.2. The zero-order valence-electron chi connectivity index (χ0n) is 12.5. The molecule has 2 unspecified atom stereocenters. The maximum Gasteiger partial charge on any atom is 0.300 e. The van der Waals surface area contributed by atoms with E-state index in [-0.39, 0.29) is 23.2 Å². The zero-order chi connectivity index (χ0) is 17.1. The van der Waals surface area contributed by atoms with Crippen LogP contribution in [0.15, 0.2) is 12.1 Å². The third-order valence-electron chi connectivity index (χ3n) is 4.16. The summed E-state index contributed by atoms with van der Waals surface area (Å²) >= 11 is 5.32. The van der Waals surface area contributed by atoms with Crippen LogP contribution in [0.25, 0.3) is 0 Å². The Morgan fingerprint density at radius 1 is 1.17 bits per heavy atom. The molecule has 2 rings (SSSR count). The highest BCUT2D eigenvalue weighted by atomic mass is 35.5. The molecule has 1 N–H and O–H groups in total. The van der Waals surface area contributed by atoms with Crippen molar-refractivity contribution in [3.05, 3.63) is 37.9 Å². The number of anilines is 1. The number of hydrogen-bond acceptors (Lipinski definition) is 6. The first kappa shape index (κ1) is 17.1. The summed E-state index contributed by atoms with van der Waals surface area (Å²) in [6, 6.07) is 1.86. The van der Waals surface area contributed by atoms with E-state index < -0.39 is 26.5 Å². The second kappa shape index (κ2) is 6.91. The highest BCUT2D eigenvalue weighted by Gasteiger charge is 2.31. The lowest BCUT2D eigenvalue weighted by Crippen LogP contribution is -2.31. The van der Waals surface area contributed by atoms with Crippen LogP contribution in [0.1, 0.15) is 43.0 Å². The van der Waals surface area contributed by atoms with E-state index in [1.54, 1.807) is 0 Å². The summed E-state index contributed by atoms with van der Waals surface area (Å²) in [5, 5.41) is 24.5.